The van der Waals surface area contributed by atoms with Gasteiger partial charge in [0.15, 0.2) is 0 Å². The molecule has 3 rings (SSSR count). The zero-order valence-electron chi connectivity index (χ0n) is 10.7. The van der Waals surface area contributed by atoms with E-state index in [1.165, 1.54) is 41.5 Å². The van der Waals surface area contributed by atoms with Crippen LogP contribution >= 0.6 is 15.9 Å². The molecule has 0 saturated heterocycles. The summed E-state index contributed by atoms with van der Waals surface area (Å²) >= 11 is 3.46. The van der Waals surface area contributed by atoms with Crippen molar-refractivity contribution in [1.29, 1.82) is 0 Å². The topological polar surface area (TPSA) is 38.0 Å². The number of fused-ring (bicyclic) bond motifs is 1. The van der Waals surface area contributed by atoms with E-state index in [2.05, 4.69) is 51.7 Å². The zero-order chi connectivity index (χ0) is 13.2. The summed E-state index contributed by atoms with van der Waals surface area (Å²) < 4.78 is 1.08. The Kier molecular flexibility index (Phi) is 3.69. The van der Waals surface area contributed by atoms with Gasteiger partial charge in [0.05, 0.1) is 6.04 Å². The second-order valence-corrected chi connectivity index (χ2v) is 5.95. The number of hydrazine groups is 1. The molecule has 3 heteroatoms. The van der Waals surface area contributed by atoms with E-state index in [-0.39, 0.29) is 6.04 Å². The monoisotopic (exact) mass is 316 g/mol. The van der Waals surface area contributed by atoms with Gasteiger partial charge in [-0.25, -0.2) is 5.43 Å². The van der Waals surface area contributed by atoms with Crippen LogP contribution in [0.25, 0.3) is 0 Å². The van der Waals surface area contributed by atoms with Gasteiger partial charge in [0.1, 0.15) is 0 Å². The van der Waals surface area contributed by atoms with Gasteiger partial charge in [0.25, 0.3) is 0 Å². The largest absolute Gasteiger partial charge is 0.271 e. The van der Waals surface area contributed by atoms with Gasteiger partial charge in [-0.2, -0.15) is 0 Å². The number of benzene rings is 2. The Balaban J connectivity index is 1.96. The van der Waals surface area contributed by atoms with Gasteiger partial charge >= 0.3 is 0 Å². The fraction of sp³-hybridized carbons (Fsp3) is 0.250. The first-order valence-electron chi connectivity index (χ1n) is 6.61. The van der Waals surface area contributed by atoms with Crippen LogP contribution in [-0.4, -0.2) is 0 Å². The first kappa shape index (κ1) is 12.9. The van der Waals surface area contributed by atoms with Crippen LogP contribution < -0.4 is 11.3 Å². The molecule has 1 aliphatic carbocycles. The summed E-state index contributed by atoms with van der Waals surface area (Å²) in [6.07, 6.45) is 3.69. The Bertz CT molecular complexity index is 578. The van der Waals surface area contributed by atoms with Crippen LogP contribution in [0.3, 0.4) is 0 Å². The Morgan fingerprint density at radius 1 is 0.947 bits per heavy atom. The highest BCUT2D eigenvalue weighted by atomic mass is 79.9. The van der Waals surface area contributed by atoms with Crippen molar-refractivity contribution in [2.24, 2.45) is 5.84 Å². The van der Waals surface area contributed by atoms with Crippen molar-refractivity contribution in [2.45, 2.75) is 25.3 Å². The number of hydrogen-bond acceptors (Lipinski definition) is 2. The van der Waals surface area contributed by atoms with Crippen LogP contribution in [0.15, 0.2) is 46.9 Å². The lowest BCUT2D eigenvalue weighted by atomic mass is 9.96. The van der Waals surface area contributed by atoms with Crippen LogP contribution in [0, 0.1) is 0 Å². The number of aryl methyl sites for hydroxylation is 2. The molecule has 0 amide bonds. The van der Waals surface area contributed by atoms with Crippen LogP contribution in [0.4, 0.5) is 0 Å². The van der Waals surface area contributed by atoms with Gasteiger partial charge in [0, 0.05) is 4.47 Å². The molecule has 0 saturated carbocycles. The molecule has 1 atom stereocenters. The molecular weight excluding hydrogens is 300 g/mol. The van der Waals surface area contributed by atoms with E-state index >= 15 is 0 Å². The molecule has 0 heterocycles. The molecule has 0 aliphatic heterocycles. The molecule has 3 N–H and O–H groups in total. The Morgan fingerprint density at radius 3 is 2.37 bits per heavy atom. The normalized spacial score (nSPS) is 15.3. The van der Waals surface area contributed by atoms with Crippen LogP contribution in [-0.2, 0) is 12.8 Å². The second kappa shape index (κ2) is 5.45. The quantitative estimate of drug-likeness (QED) is 0.672. The average Bonchev–Trinajstić information content (AvgIpc) is 2.89. The Labute approximate surface area is 122 Å². The van der Waals surface area contributed by atoms with E-state index in [9.17, 15) is 0 Å². The minimum absolute atomic E-state index is 0.0546. The molecule has 2 aromatic carbocycles. The van der Waals surface area contributed by atoms with Crippen LogP contribution in [0.1, 0.15) is 34.7 Å². The maximum Gasteiger partial charge on any atom is 0.0710 e. The van der Waals surface area contributed by atoms with E-state index in [1.54, 1.807) is 0 Å². The highest BCUT2D eigenvalue weighted by Crippen LogP contribution is 2.28. The van der Waals surface area contributed by atoms with Crippen LogP contribution in [0.2, 0.25) is 0 Å². The van der Waals surface area contributed by atoms with Crippen molar-refractivity contribution < 1.29 is 0 Å². The third-order valence-electron chi connectivity index (χ3n) is 3.83. The standard InChI is InChI=1S/C16H17BrN2/c17-15-8-6-12(7-9-15)16(19-18)14-5-4-11-2-1-3-13(11)10-14/h4-10,16,19H,1-3,18H2. The van der Waals surface area contributed by atoms with Gasteiger partial charge in [0.2, 0.25) is 0 Å². The molecule has 2 aromatic rings. The molecule has 0 bridgehead atoms. The summed E-state index contributed by atoms with van der Waals surface area (Å²) in [7, 11) is 0. The molecule has 0 fully saturated rings. The first-order chi connectivity index (χ1) is 9.28. The Hall–Kier alpha value is -1.16. The summed E-state index contributed by atoms with van der Waals surface area (Å²) in [5.41, 5.74) is 8.33. The number of halogens is 1. The van der Waals surface area contributed by atoms with Crippen molar-refractivity contribution in [1.82, 2.24) is 5.43 Å². The SMILES string of the molecule is NNC(c1ccc(Br)cc1)c1ccc2c(c1)CCC2. The fourth-order valence-electron chi connectivity index (χ4n) is 2.81. The maximum absolute atomic E-state index is 5.76. The van der Waals surface area contributed by atoms with Crippen molar-refractivity contribution in [3.63, 3.8) is 0 Å². The minimum Gasteiger partial charge on any atom is -0.271 e. The summed E-state index contributed by atoms with van der Waals surface area (Å²) in [6.45, 7) is 0. The lowest BCUT2D eigenvalue weighted by Gasteiger charge is -2.18. The van der Waals surface area contributed by atoms with E-state index in [0.717, 1.165) is 4.47 Å². The van der Waals surface area contributed by atoms with E-state index < -0.39 is 0 Å². The van der Waals surface area contributed by atoms with Crippen LogP contribution in [0.5, 0.6) is 0 Å². The fourth-order valence-corrected chi connectivity index (χ4v) is 3.08. The summed E-state index contributed by atoms with van der Waals surface area (Å²) in [4.78, 5) is 0. The van der Waals surface area contributed by atoms with Crippen molar-refractivity contribution in [2.75, 3.05) is 0 Å². The van der Waals surface area contributed by atoms with Crippen molar-refractivity contribution >= 4 is 15.9 Å². The zero-order valence-corrected chi connectivity index (χ0v) is 12.3. The summed E-state index contributed by atoms with van der Waals surface area (Å²) in [5, 5.41) is 0. The molecule has 2 nitrogen and oxygen atoms in total. The molecule has 19 heavy (non-hydrogen) atoms. The van der Waals surface area contributed by atoms with E-state index in [0.29, 0.717) is 0 Å². The van der Waals surface area contributed by atoms with Crippen molar-refractivity contribution in [3.8, 4) is 0 Å². The first-order valence-corrected chi connectivity index (χ1v) is 7.40. The molecule has 0 aromatic heterocycles. The third kappa shape index (κ3) is 2.59. The summed E-state index contributed by atoms with van der Waals surface area (Å²) in [5.74, 6) is 5.76. The van der Waals surface area contributed by atoms with Gasteiger partial charge < -0.3 is 0 Å². The minimum atomic E-state index is 0.0546. The average molecular weight is 317 g/mol. The number of hydrogen-bond donors (Lipinski definition) is 2. The Morgan fingerprint density at radius 2 is 1.63 bits per heavy atom. The highest BCUT2D eigenvalue weighted by molar-refractivity contribution is 9.10. The molecule has 1 aliphatic rings. The smallest absolute Gasteiger partial charge is 0.0710 e. The van der Waals surface area contributed by atoms with Gasteiger partial charge in [-0.1, -0.05) is 46.3 Å². The highest BCUT2D eigenvalue weighted by Gasteiger charge is 2.16. The molecule has 0 radical (unpaired) electrons. The van der Waals surface area contributed by atoms with Crippen molar-refractivity contribution in [3.05, 3.63) is 69.2 Å². The summed E-state index contributed by atoms with van der Waals surface area (Å²) in [6, 6.07) is 15.1. The lowest BCUT2D eigenvalue weighted by molar-refractivity contribution is 0.636. The lowest BCUT2D eigenvalue weighted by Crippen LogP contribution is -2.28. The maximum atomic E-state index is 5.76. The van der Waals surface area contributed by atoms with E-state index in [1.807, 2.05) is 12.1 Å². The van der Waals surface area contributed by atoms with Gasteiger partial charge in [-0.05, 0) is 53.6 Å². The van der Waals surface area contributed by atoms with Gasteiger partial charge in [-0.3, -0.25) is 5.84 Å². The number of nitrogens with two attached hydrogens (primary N) is 1. The molecular formula is C16H17BrN2. The molecule has 1 unspecified atom stereocenters. The molecule has 0 spiro atoms. The van der Waals surface area contributed by atoms with Gasteiger partial charge in [-0.15, -0.1) is 0 Å². The van der Waals surface area contributed by atoms with E-state index in [4.69, 9.17) is 5.84 Å². The predicted molar refractivity (Wildman–Crippen MR) is 81.8 cm³/mol. The third-order valence-corrected chi connectivity index (χ3v) is 4.35. The number of nitrogens with one attached hydrogen (secondary N) is 1. The second-order valence-electron chi connectivity index (χ2n) is 5.03. The number of rotatable bonds is 3. The predicted octanol–water partition coefficient (Wildman–Crippen LogP) is 3.49. The molecule has 98 valence electrons.